The van der Waals surface area contributed by atoms with E-state index in [0.29, 0.717) is 0 Å². The fourth-order valence-corrected chi connectivity index (χ4v) is 3.00. The van der Waals surface area contributed by atoms with Gasteiger partial charge < -0.3 is 5.11 Å². The van der Waals surface area contributed by atoms with Crippen LogP contribution in [0, 0.1) is 10.1 Å². The number of hydrogen-bond acceptors (Lipinski definition) is 6. The summed E-state index contributed by atoms with van der Waals surface area (Å²) in [5.74, 6) is -1.57. The van der Waals surface area contributed by atoms with Crippen molar-refractivity contribution in [3.63, 3.8) is 0 Å². The number of nitrogens with zero attached hydrogens (tertiary/aromatic N) is 3. The van der Waals surface area contributed by atoms with Crippen LogP contribution in [-0.2, 0) is 10.0 Å². The number of benzene rings is 1. The van der Waals surface area contributed by atoms with E-state index in [1.165, 1.54) is 18.3 Å². The minimum atomic E-state index is -4.11. The first-order valence-electron chi connectivity index (χ1n) is 6.17. The van der Waals surface area contributed by atoms with Crippen LogP contribution in [0.25, 0.3) is 0 Å². The number of anilines is 1. The molecule has 10 heteroatoms. The number of aromatic carboxylic acids is 1. The lowest BCUT2D eigenvalue weighted by molar-refractivity contribution is -0.384. The number of rotatable bonds is 5. The molecular weight excluding hydrogens is 326 g/mol. The molecule has 0 radical (unpaired) electrons. The molecule has 1 N–H and O–H groups in total. The first-order valence-corrected chi connectivity index (χ1v) is 7.61. The van der Waals surface area contributed by atoms with E-state index in [4.69, 9.17) is 5.11 Å². The molecule has 0 bridgehead atoms. The van der Waals surface area contributed by atoms with Crippen molar-refractivity contribution < 1.29 is 23.2 Å². The van der Waals surface area contributed by atoms with Crippen LogP contribution in [0.2, 0.25) is 0 Å². The number of carbonyl (C=O) groups is 1. The van der Waals surface area contributed by atoms with Crippen LogP contribution in [0.15, 0.2) is 47.5 Å². The van der Waals surface area contributed by atoms with Gasteiger partial charge in [-0.3, -0.25) is 14.4 Å². The largest absolute Gasteiger partial charge is 0.478 e. The van der Waals surface area contributed by atoms with Crippen molar-refractivity contribution in [3.05, 3.63) is 58.3 Å². The molecule has 2 aromatic rings. The summed E-state index contributed by atoms with van der Waals surface area (Å²) in [6, 6.07) is 6.86. The van der Waals surface area contributed by atoms with Gasteiger partial charge in [-0.25, -0.2) is 18.2 Å². The molecule has 0 aliphatic carbocycles. The Labute approximate surface area is 131 Å². The first-order chi connectivity index (χ1) is 10.7. The van der Waals surface area contributed by atoms with Gasteiger partial charge in [-0.15, -0.1) is 0 Å². The van der Waals surface area contributed by atoms with E-state index in [0.717, 1.165) is 35.6 Å². The zero-order chi connectivity index (χ0) is 17.2. The number of carboxylic acids is 1. The monoisotopic (exact) mass is 337 g/mol. The predicted molar refractivity (Wildman–Crippen MR) is 79.9 cm³/mol. The molecule has 0 amide bonds. The number of sulfonamides is 1. The van der Waals surface area contributed by atoms with Crippen LogP contribution in [0.3, 0.4) is 0 Å². The highest BCUT2D eigenvalue weighted by Gasteiger charge is 2.26. The summed E-state index contributed by atoms with van der Waals surface area (Å²) in [5.41, 5.74) is -0.531. The first kappa shape index (κ1) is 16.4. The van der Waals surface area contributed by atoms with Crippen molar-refractivity contribution in [2.24, 2.45) is 0 Å². The van der Waals surface area contributed by atoms with Gasteiger partial charge in [0.2, 0.25) is 0 Å². The van der Waals surface area contributed by atoms with Crippen LogP contribution in [-0.4, -0.2) is 36.4 Å². The molecule has 0 saturated heterocycles. The summed E-state index contributed by atoms with van der Waals surface area (Å²) in [6.07, 6.45) is 1.27. The van der Waals surface area contributed by atoms with Gasteiger partial charge in [0.15, 0.2) is 5.82 Å². The zero-order valence-corrected chi connectivity index (χ0v) is 12.6. The molecule has 1 heterocycles. The highest BCUT2D eigenvalue weighted by Crippen LogP contribution is 2.24. The Morgan fingerprint density at radius 2 is 1.87 bits per heavy atom. The normalized spacial score (nSPS) is 11.0. The van der Waals surface area contributed by atoms with Gasteiger partial charge in [-0.2, -0.15) is 0 Å². The third-order valence-corrected chi connectivity index (χ3v) is 4.78. The average molecular weight is 337 g/mol. The zero-order valence-electron chi connectivity index (χ0n) is 11.8. The molecule has 1 aromatic heterocycles. The van der Waals surface area contributed by atoms with Gasteiger partial charge in [0, 0.05) is 25.4 Å². The lowest BCUT2D eigenvalue weighted by Crippen LogP contribution is -2.29. The lowest BCUT2D eigenvalue weighted by atomic mass is 10.2. The number of hydrogen-bond donors (Lipinski definition) is 1. The third-order valence-electron chi connectivity index (χ3n) is 3.02. The highest BCUT2D eigenvalue weighted by molar-refractivity contribution is 7.92. The van der Waals surface area contributed by atoms with Crippen molar-refractivity contribution in [2.75, 3.05) is 11.4 Å². The molecule has 120 valence electrons. The van der Waals surface area contributed by atoms with Gasteiger partial charge in [0.1, 0.15) is 5.56 Å². The van der Waals surface area contributed by atoms with Crippen molar-refractivity contribution in [1.82, 2.24) is 4.98 Å². The molecule has 1 aromatic carbocycles. The Kier molecular flexibility index (Phi) is 4.27. The van der Waals surface area contributed by atoms with E-state index < -0.39 is 20.9 Å². The summed E-state index contributed by atoms with van der Waals surface area (Å²) >= 11 is 0. The minimum Gasteiger partial charge on any atom is -0.478 e. The molecule has 0 spiro atoms. The van der Waals surface area contributed by atoms with E-state index in [9.17, 15) is 23.3 Å². The molecule has 0 aliphatic heterocycles. The van der Waals surface area contributed by atoms with Gasteiger partial charge in [0.05, 0.1) is 9.82 Å². The smallest absolute Gasteiger partial charge is 0.339 e. The molecule has 0 aliphatic rings. The molecule has 2 rings (SSSR count). The quantitative estimate of drug-likeness (QED) is 0.646. The summed E-state index contributed by atoms with van der Waals surface area (Å²) in [6.45, 7) is 0. The Bertz CT molecular complexity index is 864. The fourth-order valence-electron chi connectivity index (χ4n) is 1.83. The molecule has 0 saturated carbocycles. The Morgan fingerprint density at radius 3 is 2.39 bits per heavy atom. The second kappa shape index (κ2) is 6.01. The standard InChI is InChI=1S/C13H11N3O6S/c1-15(12-11(13(17)18)3-2-8-14-12)23(21,22)10-6-4-9(5-7-10)16(19)20/h2-8H,1H3,(H,17,18). The van der Waals surface area contributed by atoms with Crippen molar-refractivity contribution in [1.29, 1.82) is 0 Å². The van der Waals surface area contributed by atoms with E-state index in [-0.39, 0.29) is 22.0 Å². The summed E-state index contributed by atoms with van der Waals surface area (Å²) in [5, 5.41) is 19.7. The van der Waals surface area contributed by atoms with Gasteiger partial charge in [0.25, 0.3) is 15.7 Å². The second-order valence-corrected chi connectivity index (χ2v) is 6.37. The maximum absolute atomic E-state index is 12.5. The average Bonchev–Trinajstić information content (AvgIpc) is 2.54. The van der Waals surface area contributed by atoms with Crippen LogP contribution in [0.1, 0.15) is 10.4 Å². The molecule has 0 atom stereocenters. The van der Waals surface area contributed by atoms with Crippen LogP contribution in [0.5, 0.6) is 0 Å². The van der Waals surface area contributed by atoms with Crippen molar-refractivity contribution in [3.8, 4) is 0 Å². The molecular formula is C13H11N3O6S. The maximum Gasteiger partial charge on any atom is 0.339 e. The minimum absolute atomic E-state index is 0.215. The fraction of sp³-hybridized carbons (Fsp3) is 0.0769. The summed E-state index contributed by atoms with van der Waals surface area (Å²) < 4.78 is 25.7. The third kappa shape index (κ3) is 3.11. The number of non-ortho nitro benzene ring substituents is 1. The van der Waals surface area contributed by atoms with Gasteiger partial charge in [-0.05, 0) is 24.3 Å². The molecule has 0 fully saturated rings. The van der Waals surface area contributed by atoms with E-state index >= 15 is 0 Å². The summed E-state index contributed by atoms with van der Waals surface area (Å²) in [4.78, 5) is 24.7. The van der Waals surface area contributed by atoms with E-state index in [1.807, 2.05) is 0 Å². The predicted octanol–water partition coefficient (Wildman–Crippen LogP) is 1.51. The number of pyridine rings is 1. The van der Waals surface area contributed by atoms with Crippen LogP contribution in [0.4, 0.5) is 11.5 Å². The van der Waals surface area contributed by atoms with E-state index in [1.54, 1.807) is 0 Å². The lowest BCUT2D eigenvalue weighted by Gasteiger charge is -2.19. The Balaban J connectivity index is 2.47. The number of aromatic nitrogens is 1. The highest BCUT2D eigenvalue weighted by atomic mass is 32.2. The number of nitro groups is 1. The van der Waals surface area contributed by atoms with Gasteiger partial charge in [-0.1, -0.05) is 0 Å². The SMILES string of the molecule is CN(c1ncccc1C(=O)O)S(=O)(=O)c1ccc([N+](=O)[O-])cc1. The van der Waals surface area contributed by atoms with E-state index in [2.05, 4.69) is 4.98 Å². The maximum atomic E-state index is 12.5. The summed E-state index contributed by atoms with van der Waals surface area (Å²) in [7, 11) is -2.95. The van der Waals surface area contributed by atoms with Crippen LogP contribution < -0.4 is 4.31 Å². The van der Waals surface area contributed by atoms with Gasteiger partial charge >= 0.3 is 5.97 Å². The van der Waals surface area contributed by atoms with Crippen molar-refractivity contribution in [2.45, 2.75) is 4.90 Å². The Hall–Kier alpha value is -3.01. The number of carboxylic acid groups (broad SMARTS) is 1. The van der Waals surface area contributed by atoms with Crippen LogP contribution >= 0.6 is 0 Å². The molecule has 23 heavy (non-hydrogen) atoms. The molecule has 0 unspecified atom stereocenters. The molecule has 9 nitrogen and oxygen atoms in total. The Morgan fingerprint density at radius 1 is 1.26 bits per heavy atom. The second-order valence-electron chi connectivity index (χ2n) is 4.40. The van der Waals surface area contributed by atoms with Crippen molar-refractivity contribution >= 4 is 27.5 Å². The topological polar surface area (TPSA) is 131 Å². The number of nitro benzene ring substituents is 1.